The summed E-state index contributed by atoms with van der Waals surface area (Å²) in [6.45, 7) is 5.10. The SMILES string of the molecule is Cc1cc(C)n(Cc2ccc(C(=O)NCc3cn(-c4ccccc4)nc3-c3ccccc3)cc2)n1. The first-order valence-electron chi connectivity index (χ1n) is 11.6. The molecule has 0 bridgehead atoms. The average molecular weight is 462 g/mol. The average Bonchev–Trinajstić information content (AvgIpc) is 3.46. The van der Waals surface area contributed by atoms with Gasteiger partial charge in [0.25, 0.3) is 5.91 Å². The maximum absolute atomic E-state index is 12.9. The molecule has 0 fully saturated rings. The second kappa shape index (κ2) is 9.81. The molecular weight excluding hydrogens is 434 g/mol. The molecule has 0 aliphatic heterocycles. The Morgan fingerprint density at radius 1 is 0.857 bits per heavy atom. The van der Waals surface area contributed by atoms with Gasteiger partial charge in [-0.15, -0.1) is 0 Å². The molecule has 0 unspecified atom stereocenters. The number of hydrogen-bond donors (Lipinski definition) is 1. The van der Waals surface area contributed by atoms with E-state index in [2.05, 4.69) is 16.5 Å². The molecule has 3 aromatic carbocycles. The van der Waals surface area contributed by atoms with E-state index in [0.29, 0.717) is 18.7 Å². The number of aryl methyl sites for hydroxylation is 2. The number of rotatable bonds is 7. The van der Waals surface area contributed by atoms with Gasteiger partial charge in [-0.3, -0.25) is 9.48 Å². The molecule has 5 aromatic rings. The van der Waals surface area contributed by atoms with E-state index in [1.807, 2.05) is 114 Å². The standard InChI is InChI=1S/C29H27N5O/c1-21-17-22(2)33(31-21)19-23-13-15-25(16-14-23)29(35)30-18-26-20-34(27-11-7-4-8-12-27)32-28(26)24-9-5-3-6-10-24/h3-17,20H,18-19H2,1-2H3,(H,30,35). The van der Waals surface area contributed by atoms with Crippen molar-refractivity contribution in [3.63, 3.8) is 0 Å². The van der Waals surface area contributed by atoms with Crippen molar-refractivity contribution < 1.29 is 4.79 Å². The topological polar surface area (TPSA) is 64.7 Å². The predicted octanol–water partition coefficient (Wildman–Crippen LogP) is 5.33. The normalized spacial score (nSPS) is 10.9. The Morgan fingerprint density at radius 2 is 1.54 bits per heavy atom. The van der Waals surface area contributed by atoms with Gasteiger partial charge >= 0.3 is 0 Å². The smallest absolute Gasteiger partial charge is 0.251 e. The fourth-order valence-electron chi connectivity index (χ4n) is 4.14. The molecule has 1 N–H and O–H groups in total. The third kappa shape index (κ3) is 5.06. The summed E-state index contributed by atoms with van der Waals surface area (Å²) in [5.41, 5.74) is 7.64. The van der Waals surface area contributed by atoms with Gasteiger partial charge in [-0.1, -0.05) is 60.7 Å². The largest absolute Gasteiger partial charge is 0.348 e. The van der Waals surface area contributed by atoms with Crippen LogP contribution in [0, 0.1) is 13.8 Å². The van der Waals surface area contributed by atoms with Gasteiger partial charge in [0.1, 0.15) is 0 Å². The molecule has 5 rings (SSSR count). The highest BCUT2D eigenvalue weighted by atomic mass is 16.1. The van der Waals surface area contributed by atoms with E-state index in [9.17, 15) is 4.79 Å². The molecule has 6 heteroatoms. The van der Waals surface area contributed by atoms with Gasteiger partial charge in [0.2, 0.25) is 0 Å². The van der Waals surface area contributed by atoms with E-state index >= 15 is 0 Å². The first kappa shape index (κ1) is 22.3. The van der Waals surface area contributed by atoms with E-state index in [0.717, 1.165) is 39.5 Å². The number of amides is 1. The summed E-state index contributed by atoms with van der Waals surface area (Å²) in [7, 11) is 0. The molecule has 0 spiro atoms. The number of carbonyl (C=O) groups excluding carboxylic acids is 1. The number of para-hydroxylation sites is 1. The lowest BCUT2D eigenvalue weighted by molar-refractivity contribution is 0.0951. The third-order valence-corrected chi connectivity index (χ3v) is 5.95. The van der Waals surface area contributed by atoms with Gasteiger partial charge in [0.05, 0.1) is 23.6 Å². The van der Waals surface area contributed by atoms with Crippen LogP contribution in [-0.2, 0) is 13.1 Å². The van der Waals surface area contributed by atoms with Crippen molar-refractivity contribution in [3.05, 3.63) is 125 Å². The molecule has 0 radical (unpaired) electrons. The Morgan fingerprint density at radius 3 is 2.20 bits per heavy atom. The monoisotopic (exact) mass is 461 g/mol. The van der Waals surface area contributed by atoms with Crippen LogP contribution in [0.2, 0.25) is 0 Å². The molecule has 1 amide bonds. The van der Waals surface area contributed by atoms with Gasteiger partial charge in [0, 0.05) is 35.1 Å². The molecule has 6 nitrogen and oxygen atoms in total. The number of nitrogens with one attached hydrogen (secondary N) is 1. The molecule has 0 aliphatic rings. The lowest BCUT2D eigenvalue weighted by atomic mass is 10.1. The molecule has 2 heterocycles. The number of carbonyl (C=O) groups is 1. The van der Waals surface area contributed by atoms with Gasteiger partial charge in [0.15, 0.2) is 0 Å². The van der Waals surface area contributed by atoms with Gasteiger partial charge in [-0.2, -0.15) is 10.2 Å². The molecule has 0 atom stereocenters. The quantitative estimate of drug-likeness (QED) is 0.356. The number of hydrogen-bond acceptors (Lipinski definition) is 3. The van der Waals surface area contributed by atoms with Crippen LogP contribution in [0.25, 0.3) is 16.9 Å². The van der Waals surface area contributed by atoms with E-state index in [1.54, 1.807) is 0 Å². The molecule has 0 aliphatic carbocycles. The van der Waals surface area contributed by atoms with Crippen LogP contribution in [0.5, 0.6) is 0 Å². The lowest BCUT2D eigenvalue weighted by Crippen LogP contribution is -2.22. The van der Waals surface area contributed by atoms with Crippen LogP contribution < -0.4 is 5.32 Å². The van der Waals surface area contributed by atoms with Gasteiger partial charge in [-0.25, -0.2) is 4.68 Å². The summed E-state index contributed by atoms with van der Waals surface area (Å²) in [5.74, 6) is -0.117. The minimum absolute atomic E-state index is 0.117. The van der Waals surface area contributed by atoms with E-state index in [4.69, 9.17) is 5.10 Å². The van der Waals surface area contributed by atoms with Crippen molar-refractivity contribution in [2.24, 2.45) is 0 Å². The van der Waals surface area contributed by atoms with Crippen molar-refractivity contribution in [2.45, 2.75) is 26.9 Å². The minimum atomic E-state index is -0.117. The highest BCUT2D eigenvalue weighted by molar-refractivity contribution is 5.94. The van der Waals surface area contributed by atoms with E-state index < -0.39 is 0 Å². The molecular formula is C29H27N5O. The summed E-state index contributed by atoms with van der Waals surface area (Å²) < 4.78 is 3.83. The van der Waals surface area contributed by atoms with Crippen molar-refractivity contribution in [2.75, 3.05) is 0 Å². The van der Waals surface area contributed by atoms with Gasteiger partial charge in [-0.05, 0) is 49.7 Å². The van der Waals surface area contributed by atoms with Crippen LogP contribution in [0.1, 0.15) is 32.9 Å². The third-order valence-electron chi connectivity index (χ3n) is 5.95. The van der Waals surface area contributed by atoms with Crippen LogP contribution in [0.3, 0.4) is 0 Å². The minimum Gasteiger partial charge on any atom is -0.348 e. The number of nitrogens with zero attached hydrogens (tertiary/aromatic N) is 4. The molecule has 2 aromatic heterocycles. The van der Waals surface area contributed by atoms with Gasteiger partial charge < -0.3 is 5.32 Å². The zero-order chi connectivity index (χ0) is 24.2. The van der Waals surface area contributed by atoms with Crippen LogP contribution in [0.15, 0.2) is 97.2 Å². The number of aromatic nitrogens is 4. The lowest BCUT2D eigenvalue weighted by Gasteiger charge is -2.08. The Bertz CT molecular complexity index is 1430. The first-order valence-corrected chi connectivity index (χ1v) is 11.6. The van der Waals surface area contributed by atoms with E-state index in [1.165, 1.54) is 0 Å². The van der Waals surface area contributed by atoms with Crippen molar-refractivity contribution in [1.82, 2.24) is 24.9 Å². The zero-order valence-corrected chi connectivity index (χ0v) is 19.8. The zero-order valence-electron chi connectivity index (χ0n) is 19.8. The second-order valence-corrected chi connectivity index (χ2v) is 8.61. The summed E-state index contributed by atoms with van der Waals surface area (Å²) in [6.07, 6.45) is 1.98. The maximum Gasteiger partial charge on any atom is 0.251 e. The van der Waals surface area contributed by atoms with Crippen LogP contribution in [-0.4, -0.2) is 25.5 Å². The van der Waals surface area contributed by atoms with Crippen molar-refractivity contribution in [3.8, 4) is 16.9 Å². The predicted molar refractivity (Wildman–Crippen MR) is 137 cm³/mol. The molecule has 0 saturated heterocycles. The summed E-state index contributed by atoms with van der Waals surface area (Å²) in [4.78, 5) is 12.9. The fourth-order valence-corrected chi connectivity index (χ4v) is 4.14. The summed E-state index contributed by atoms with van der Waals surface area (Å²) >= 11 is 0. The highest BCUT2D eigenvalue weighted by Crippen LogP contribution is 2.23. The second-order valence-electron chi connectivity index (χ2n) is 8.61. The molecule has 35 heavy (non-hydrogen) atoms. The van der Waals surface area contributed by atoms with Crippen LogP contribution >= 0.6 is 0 Å². The fraction of sp³-hybridized carbons (Fsp3) is 0.138. The van der Waals surface area contributed by atoms with Crippen molar-refractivity contribution >= 4 is 5.91 Å². The number of benzene rings is 3. The maximum atomic E-state index is 12.9. The Kier molecular flexibility index (Phi) is 6.26. The summed E-state index contributed by atoms with van der Waals surface area (Å²) in [5, 5.41) is 12.4. The Balaban J connectivity index is 1.32. The highest BCUT2D eigenvalue weighted by Gasteiger charge is 2.14. The Labute approximate surface area is 204 Å². The van der Waals surface area contributed by atoms with Crippen molar-refractivity contribution in [1.29, 1.82) is 0 Å². The molecule has 174 valence electrons. The summed E-state index contributed by atoms with van der Waals surface area (Å²) in [6, 6.07) is 29.8. The first-order chi connectivity index (χ1) is 17.1. The van der Waals surface area contributed by atoms with Crippen LogP contribution in [0.4, 0.5) is 0 Å². The molecule has 0 saturated carbocycles. The Hall–Kier alpha value is -4.45. The van der Waals surface area contributed by atoms with E-state index in [-0.39, 0.29) is 5.91 Å².